The van der Waals surface area contributed by atoms with Crippen LogP contribution in [0.1, 0.15) is 12.8 Å². The minimum Gasteiger partial charge on any atom is -0.481 e. The van der Waals surface area contributed by atoms with Crippen molar-refractivity contribution in [1.82, 2.24) is 4.90 Å². The molecule has 25 heavy (non-hydrogen) atoms. The first kappa shape index (κ1) is 16.5. The van der Waals surface area contributed by atoms with E-state index in [2.05, 4.69) is 58.3 Å². The van der Waals surface area contributed by atoms with Gasteiger partial charge in [-0.2, -0.15) is 0 Å². The Labute approximate surface area is 152 Å². The smallest absolute Gasteiger partial charge is 0.306 e. The number of piperidine rings is 1. The minimum atomic E-state index is -0.643. The second-order valence-corrected chi connectivity index (χ2v) is 7.73. The summed E-state index contributed by atoms with van der Waals surface area (Å²) in [4.78, 5) is 18.5. The standard InChI is InChI=1S/C20H22N2O2S/c23-20(24)15-9-11-21(12-10-15)13-14-22-16-5-1-3-7-18(16)25-19-8-4-2-6-17(19)22/h1-8,15H,9-14H2,(H,23,24). The van der Waals surface area contributed by atoms with E-state index in [1.54, 1.807) is 0 Å². The Morgan fingerprint density at radius 2 is 1.52 bits per heavy atom. The highest BCUT2D eigenvalue weighted by molar-refractivity contribution is 7.99. The van der Waals surface area contributed by atoms with Crippen LogP contribution in [0, 0.1) is 5.92 Å². The summed E-state index contributed by atoms with van der Waals surface area (Å²) < 4.78 is 0. The molecule has 0 radical (unpaired) electrons. The SMILES string of the molecule is O=C(O)C1CCN(CCN2c3ccccc3Sc3ccccc32)CC1. The predicted molar refractivity (Wildman–Crippen MR) is 101 cm³/mol. The fraction of sp³-hybridized carbons (Fsp3) is 0.350. The number of fused-ring (bicyclic) bond motifs is 2. The van der Waals surface area contributed by atoms with E-state index in [0.29, 0.717) is 0 Å². The molecule has 2 heterocycles. The van der Waals surface area contributed by atoms with Crippen LogP contribution in [-0.4, -0.2) is 42.2 Å². The normalized spacial score (nSPS) is 17.8. The summed E-state index contributed by atoms with van der Waals surface area (Å²) in [7, 11) is 0. The number of rotatable bonds is 4. The molecule has 1 N–H and O–H groups in total. The van der Waals surface area contributed by atoms with Crippen LogP contribution in [0.3, 0.4) is 0 Å². The molecule has 2 aliphatic rings. The summed E-state index contributed by atoms with van der Waals surface area (Å²) in [5.74, 6) is -0.806. The third-order valence-corrected chi connectivity index (χ3v) is 6.24. The van der Waals surface area contributed by atoms with Gasteiger partial charge in [0.05, 0.1) is 17.3 Å². The first-order chi connectivity index (χ1) is 12.2. The number of carboxylic acids is 1. The molecule has 5 heteroatoms. The van der Waals surface area contributed by atoms with E-state index in [1.807, 2.05) is 11.8 Å². The molecule has 0 unspecified atom stereocenters. The van der Waals surface area contributed by atoms with Crippen molar-refractivity contribution in [3.05, 3.63) is 48.5 Å². The number of para-hydroxylation sites is 2. The number of anilines is 2. The van der Waals surface area contributed by atoms with Crippen molar-refractivity contribution in [2.45, 2.75) is 22.6 Å². The number of carbonyl (C=O) groups is 1. The quantitative estimate of drug-likeness (QED) is 0.896. The fourth-order valence-electron chi connectivity index (χ4n) is 3.67. The first-order valence-corrected chi connectivity index (χ1v) is 9.62. The summed E-state index contributed by atoms with van der Waals surface area (Å²) in [6, 6.07) is 17.1. The summed E-state index contributed by atoms with van der Waals surface area (Å²) in [6.45, 7) is 3.64. The number of hydrogen-bond donors (Lipinski definition) is 1. The van der Waals surface area contributed by atoms with Gasteiger partial charge in [0.25, 0.3) is 0 Å². The molecular formula is C20H22N2O2S. The Morgan fingerprint density at radius 1 is 0.960 bits per heavy atom. The van der Waals surface area contributed by atoms with E-state index in [1.165, 1.54) is 21.2 Å². The van der Waals surface area contributed by atoms with Crippen molar-refractivity contribution in [3.8, 4) is 0 Å². The molecule has 1 saturated heterocycles. The van der Waals surface area contributed by atoms with Crippen molar-refractivity contribution in [2.24, 2.45) is 5.92 Å². The van der Waals surface area contributed by atoms with Crippen LogP contribution < -0.4 is 4.90 Å². The molecule has 4 nitrogen and oxygen atoms in total. The largest absolute Gasteiger partial charge is 0.481 e. The van der Waals surface area contributed by atoms with Crippen LogP contribution in [0.25, 0.3) is 0 Å². The Hall–Kier alpha value is -1.98. The van der Waals surface area contributed by atoms with Gasteiger partial charge in [-0.15, -0.1) is 0 Å². The topological polar surface area (TPSA) is 43.8 Å². The van der Waals surface area contributed by atoms with Gasteiger partial charge in [0, 0.05) is 22.9 Å². The van der Waals surface area contributed by atoms with E-state index >= 15 is 0 Å². The van der Waals surface area contributed by atoms with Crippen LogP contribution in [0.5, 0.6) is 0 Å². The van der Waals surface area contributed by atoms with Gasteiger partial charge in [-0.05, 0) is 50.2 Å². The third-order valence-electron chi connectivity index (χ3n) is 5.11. The second kappa shape index (κ2) is 7.10. The van der Waals surface area contributed by atoms with Crippen molar-refractivity contribution >= 4 is 29.1 Å². The Balaban J connectivity index is 1.48. The van der Waals surface area contributed by atoms with Crippen LogP contribution in [0.4, 0.5) is 11.4 Å². The summed E-state index contributed by atoms with van der Waals surface area (Å²) in [5.41, 5.74) is 2.54. The third kappa shape index (κ3) is 3.39. The van der Waals surface area contributed by atoms with Crippen LogP contribution in [0.2, 0.25) is 0 Å². The maximum atomic E-state index is 11.1. The van der Waals surface area contributed by atoms with Crippen LogP contribution >= 0.6 is 11.8 Å². The van der Waals surface area contributed by atoms with E-state index in [4.69, 9.17) is 5.11 Å². The molecule has 1 fully saturated rings. The van der Waals surface area contributed by atoms with E-state index in [0.717, 1.165) is 39.0 Å². The van der Waals surface area contributed by atoms with E-state index in [-0.39, 0.29) is 5.92 Å². The lowest BCUT2D eigenvalue weighted by Crippen LogP contribution is -2.40. The minimum absolute atomic E-state index is 0.163. The molecule has 2 aromatic rings. The number of carboxylic acid groups (broad SMARTS) is 1. The molecule has 0 amide bonds. The number of likely N-dealkylation sites (tertiary alicyclic amines) is 1. The van der Waals surface area contributed by atoms with E-state index < -0.39 is 5.97 Å². The maximum absolute atomic E-state index is 11.1. The highest BCUT2D eigenvalue weighted by atomic mass is 32.2. The van der Waals surface area contributed by atoms with Crippen molar-refractivity contribution in [3.63, 3.8) is 0 Å². The zero-order valence-electron chi connectivity index (χ0n) is 14.1. The maximum Gasteiger partial charge on any atom is 0.306 e. The Kier molecular flexibility index (Phi) is 4.68. The average Bonchev–Trinajstić information content (AvgIpc) is 2.65. The fourth-order valence-corrected chi connectivity index (χ4v) is 4.76. The molecule has 2 aliphatic heterocycles. The Bertz CT molecular complexity index is 726. The lowest BCUT2D eigenvalue weighted by molar-refractivity contribution is -0.143. The summed E-state index contributed by atoms with van der Waals surface area (Å²) in [5, 5.41) is 9.15. The van der Waals surface area contributed by atoms with Gasteiger partial charge in [0.2, 0.25) is 0 Å². The average molecular weight is 354 g/mol. The van der Waals surface area contributed by atoms with Crippen molar-refractivity contribution in [1.29, 1.82) is 0 Å². The van der Waals surface area contributed by atoms with Crippen LogP contribution in [-0.2, 0) is 4.79 Å². The molecule has 0 aliphatic carbocycles. The predicted octanol–water partition coefficient (Wildman–Crippen LogP) is 4.09. The second-order valence-electron chi connectivity index (χ2n) is 6.64. The van der Waals surface area contributed by atoms with Gasteiger partial charge in [-0.25, -0.2) is 0 Å². The molecule has 4 rings (SSSR count). The van der Waals surface area contributed by atoms with Crippen LogP contribution in [0.15, 0.2) is 58.3 Å². The lowest BCUT2D eigenvalue weighted by Gasteiger charge is -2.36. The summed E-state index contributed by atoms with van der Waals surface area (Å²) >= 11 is 1.83. The number of benzene rings is 2. The number of aliphatic carboxylic acids is 1. The lowest BCUT2D eigenvalue weighted by atomic mass is 9.97. The molecule has 0 atom stereocenters. The van der Waals surface area contributed by atoms with Gasteiger partial charge in [-0.1, -0.05) is 36.0 Å². The van der Waals surface area contributed by atoms with Gasteiger partial charge in [0.15, 0.2) is 0 Å². The summed E-state index contributed by atoms with van der Waals surface area (Å²) in [6.07, 6.45) is 1.52. The van der Waals surface area contributed by atoms with Crippen molar-refractivity contribution < 1.29 is 9.90 Å². The molecule has 2 aromatic carbocycles. The highest BCUT2D eigenvalue weighted by Gasteiger charge is 2.26. The zero-order valence-corrected chi connectivity index (χ0v) is 14.9. The molecule has 0 bridgehead atoms. The first-order valence-electron chi connectivity index (χ1n) is 8.81. The zero-order chi connectivity index (χ0) is 17.2. The van der Waals surface area contributed by atoms with E-state index in [9.17, 15) is 4.79 Å². The highest BCUT2D eigenvalue weighted by Crippen LogP contribution is 2.47. The molecule has 0 spiro atoms. The molecular weight excluding hydrogens is 332 g/mol. The monoisotopic (exact) mass is 354 g/mol. The molecule has 130 valence electrons. The number of nitrogens with zero attached hydrogens (tertiary/aromatic N) is 2. The van der Waals surface area contributed by atoms with Gasteiger partial charge in [0.1, 0.15) is 0 Å². The van der Waals surface area contributed by atoms with Gasteiger partial charge >= 0.3 is 5.97 Å². The van der Waals surface area contributed by atoms with Gasteiger partial charge in [-0.3, -0.25) is 4.79 Å². The number of hydrogen-bond acceptors (Lipinski definition) is 4. The van der Waals surface area contributed by atoms with Gasteiger partial charge < -0.3 is 14.9 Å². The van der Waals surface area contributed by atoms with Crippen molar-refractivity contribution in [2.75, 3.05) is 31.1 Å². The molecule has 0 aromatic heterocycles. The molecule has 0 saturated carbocycles. The Morgan fingerprint density at radius 3 is 2.08 bits per heavy atom.